The molecule has 0 saturated heterocycles. The Hall–Kier alpha value is 0.166. The molecule has 0 aliphatic carbocycles. The summed E-state index contributed by atoms with van der Waals surface area (Å²) in [5.74, 6) is 1.22. The fourth-order valence-electron chi connectivity index (χ4n) is 2.51. The third-order valence-electron chi connectivity index (χ3n) is 4.13. The summed E-state index contributed by atoms with van der Waals surface area (Å²) in [6.07, 6.45) is 7.29. The van der Waals surface area contributed by atoms with E-state index in [-0.39, 0.29) is 46.1 Å². The second-order valence-corrected chi connectivity index (χ2v) is 7.38. The van der Waals surface area contributed by atoms with Crippen LogP contribution in [-0.4, -0.2) is 28.2 Å². The topological polar surface area (TPSA) is 20.2 Å². The first-order chi connectivity index (χ1) is 11.3. The van der Waals surface area contributed by atoms with Crippen molar-refractivity contribution < 1.29 is 22.1 Å². The summed E-state index contributed by atoms with van der Waals surface area (Å²) in [6, 6.07) is 8.44. The molecule has 1 N–H and O–H groups in total. The average Bonchev–Trinajstić information content (AvgIpc) is 2.53. The Bertz CT molecular complexity index is 450. The number of aliphatic hydroxyl groups is 1. The predicted octanol–water partition coefficient (Wildman–Crippen LogP) is 3.86. The van der Waals surface area contributed by atoms with Gasteiger partial charge in [-0.15, -0.1) is 0 Å². The molecule has 1 aromatic rings. The SMILES string of the molecule is CC(C)=CCCC(C)CCC(O)c1ccc(C(C)C)cc1.[Br-].[CH2-]CC.[Mg+2]. The number of allylic oxidation sites excluding steroid dienone is 2. The van der Waals surface area contributed by atoms with Crippen molar-refractivity contribution in [3.05, 3.63) is 54.0 Å². The van der Waals surface area contributed by atoms with E-state index in [1.54, 1.807) is 0 Å². The van der Waals surface area contributed by atoms with E-state index >= 15 is 0 Å². The first kappa shape index (κ1) is 30.9. The van der Waals surface area contributed by atoms with Crippen LogP contribution in [0.5, 0.6) is 0 Å². The van der Waals surface area contributed by atoms with E-state index in [4.69, 9.17) is 0 Å². The third kappa shape index (κ3) is 15.2. The number of hydrogen-bond acceptors (Lipinski definition) is 1. The van der Waals surface area contributed by atoms with Crippen LogP contribution in [0.3, 0.4) is 0 Å². The fraction of sp³-hybridized carbons (Fsp3) is 0.609. The Kier molecular flexibility index (Phi) is 22.0. The summed E-state index contributed by atoms with van der Waals surface area (Å²) in [7, 11) is 0. The van der Waals surface area contributed by atoms with Gasteiger partial charge in [0.15, 0.2) is 0 Å². The Labute approximate surface area is 190 Å². The van der Waals surface area contributed by atoms with Crippen LogP contribution in [0.1, 0.15) is 96.8 Å². The van der Waals surface area contributed by atoms with Gasteiger partial charge in [0.2, 0.25) is 0 Å². The maximum absolute atomic E-state index is 10.3. The molecule has 0 aliphatic heterocycles. The first-order valence-corrected chi connectivity index (χ1v) is 9.52. The monoisotopic (exact) mass is 434 g/mol. The quantitative estimate of drug-likeness (QED) is 0.373. The van der Waals surface area contributed by atoms with E-state index in [9.17, 15) is 5.11 Å². The van der Waals surface area contributed by atoms with Crippen molar-refractivity contribution in [1.82, 2.24) is 0 Å². The van der Waals surface area contributed by atoms with Gasteiger partial charge in [0.1, 0.15) is 0 Å². The molecule has 0 spiro atoms. The van der Waals surface area contributed by atoms with Gasteiger partial charge >= 0.3 is 23.1 Å². The molecule has 146 valence electrons. The molecule has 0 amide bonds. The van der Waals surface area contributed by atoms with Gasteiger partial charge in [0, 0.05) is 0 Å². The van der Waals surface area contributed by atoms with Gasteiger partial charge in [-0.25, -0.2) is 0 Å². The summed E-state index contributed by atoms with van der Waals surface area (Å²) >= 11 is 0. The summed E-state index contributed by atoms with van der Waals surface area (Å²) in [5.41, 5.74) is 3.78. The number of halogens is 1. The molecule has 0 aliphatic rings. The predicted molar refractivity (Wildman–Crippen MR) is 114 cm³/mol. The second kappa shape index (κ2) is 18.5. The Morgan fingerprint density at radius 3 is 1.88 bits per heavy atom. The summed E-state index contributed by atoms with van der Waals surface area (Å²) in [4.78, 5) is 0. The van der Waals surface area contributed by atoms with Crippen LogP contribution in [0, 0.1) is 12.8 Å². The number of benzene rings is 1. The number of hydrogen-bond donors (Lipinski definition) is 1. The van der Waals surface area contributed by atoms with Crippen LogP contribution >= 0.6 is 0 Å². The van der Waals surface area contributed by atoms with Crippen LogP contribution in [0.15, 0.2) is 35.9 Å². The zero-order valence-electron chi connectivity index (χ0n) is 17.9. The van der Waals surface area contributed by atoms with E-state index in [1.807, 2.05) is 6.92 Å². The van der Waals surface area contributed by atoms with E-state index in [0.717, 1.165) is 31.2 Å². The average molecular weight is 436 g/mol. The van der Waals surface area contributed by atoms with Crippen LogP contribution in [0.2, 0.25) is 0 Å². The molecule has 2 atom stereocenters. The molecule has 2 unspecified atom stereocenters. The van der Waals surface area contributed by atoms with E-state index in [0.29, 0.717) is 11.8 Å². The standard InChI is InChI=1S/C20H32O.C3H7.BrH.Mg/c1-15(2)7-6-8-17(5)9-14-20(21)19-12-10-18(11-13-19)16(3)4;1-3-2;;/h7,10-13,16-17,20-21H,6,8-9,14H2,1-5H3;1,3H2,2H3;1H;/q;-1;;+2/p-1. The number of aliphatic hydroxyl groups excluding tert-OH is 1. The zero-order chi connectivity index (χ0) is 18.5. The van der Waals surface area contributed by atoms with Gasteiger partial charge in [-0.3, -0.25) is 0 Å². The summed E-state index contributed by atoms with van der Waals surface area (Å²) < 4.78 is 0. The van der Waals surface area contributed by atoms with Crippen LogP contribution in [-0.2, 0) is 0 Å². The molecular formula is C23H39BrMgO. The zero-order valence-corrected chi connectivity index (χ0v) is 20.9. The first-order valence-electron chi connectivity index (χ1n) is 9.52. The van der Waals surface area contributed by atoms with Crippen molar-refractivity contribution >= 4 is 23.1 Å². The Morgan fingerprint density at radius 2 is 1.46 bits per heavy atom. The molecular weight excluding hydrogens is 396 g/mol. The smallest absolute Gasteiger partial charge is 1.00 e. The van der Waals surface area contributed by atoms with Crippen LogP contribution < -0.4 is 17.0 Å². The minimum Gasteiger partial charge on any atom is -1.00 e. The molecule has 1 nitrogen and oxygen atoms in total. The molecule has 1 aromatic carbocycles. The molecule has 0 saturated carbocycles. The largest absolute Gasteiger partial charge is 2.00 e. The Balaban J connectivity index is -0.000000986. The molecule has 0 radical (unpaired) electrons. The number of rotatable bonds is 8. The minimum absolute atomic E-state index is 0. The molecule has 0 aromatic heterocycles. The van der Waals surface area contributed by atoms with Crippen molar-refractivity contribution in [3.63, 3.8) is 0 Å². The third-order valence-corrected chi connectivity index (χ3v) is 4.13. The molecule has 1 rings (SSSR count). The molecule has 3 heteroatoms. The fourth-order valence-corrected chi connectivity index (χ4v) is 2.51. The van der Waals surface area contributed by atoms with Gasteiger partial charge in [-0.2, -0.15) is 6.42 Å². The van der Waals surface area contributed by atoms with E-state index in [1.165, 1.54) is 17.6 Å². The van der Waals surface area contributed by atoms with Gasteiger partial charge in [-0.05, 0) is 62.5 Å². The van der Waals surface area contributed by atoms with Gasteiger partial charge in [-0.1, -0.05) is 63.6 Å². The Morgan fingerprint density at radius 1 is 1.00 bits per heavy atom. The molecule has 0 bridgehead atoms. The van der Waals surface area contributed by atoms with E-state index in [2.05, 4.69) is 71.9 Å². The molecule has 0 heterocycles. The van der Waals surface area contributed by atoms with Crippen LogP contribution in [0.4, 0.5) is 0 Å². The summed E-state index contributed by atoms with van der Waals surface area (Å²) in [5, 5.41) is 10.3. The van der Waals surface area contributed by atoms with Gasteiger partial charge in [0.05, 0.1) is 6.10 Å². The van der Waals surface area contributed by atoms with E-state index < -0.39 is 0 Å². The van der Waals surface area contributed by atoms with Crippen LogP contribution in [0.25, 0.3) is 0 Å². The normalized spacial score (nSPS) is 12.0. The molecule has 0 fully saturated rings. The maximum Gasteiger partial charge on any atom is 2.00 e. The minimum atomic E-state index is -0.322. The van der Waals surface area contributed by atoms with Gasteiger partial charge in [0.25, 0.3) is 0 Å². The summed E-state index contributed by atoms with van der Waals surface area (Å²) in [6.45, 7) is 16.5. The van der Waals surface area contributed by atoms with Crippen molar-refractivity contribution in [3.8, 4) is 0 Å². The van der Waals surface area contributed by atoms with Crippen molar-refractivity contribution in [2.24, 2.45) is 5.92 Å². The van der Waals surface area contributed by atoms with Crippen molar-refractivity contribution in [1.29, 1.82) is 0 Å². The van der Waals surface area contributed by atoms with Crippen molar-refractivity contribution in [2.45, 2.75) is 85.7 Å². The van der Waals surface area contributed by atoms with Gasteiger partial charge < -0.3 is 29.0 Å². The molecule has 26 heavy (non-hydrogen) atoms. The second-order valence-electron chi connectivity index (χ2n) is 7.38. The maximum atomic E-state index is 10.3. The van der Waals surface area contributed by atoms with Crippen molar-refractivity contribution in [2.75, 3.05) is 0 Å².